The van der Waals surface area contributed by atoms with Crippen LogP contribution in [0.2, 0.25) is 0 Å². The molecular weight excluding hydrogens is 489 g/mol. The lowest BCUT2D eigenvalue weighted by molar-refractivity contribution is -0.151. The van der Waals surface area contributed by atoms with Gasteiger partial charge in [0.15, 0.2) is 0 Å². The first-order valence-corrected chi connectivity index (χ1v) is 10.7. The monoisotopic (exact) mass is 516 g/mol. The van der Waals surface area contributed by atoms with Crippen LogP contribution in [-0.4, -0.2) is 55.7 Å². The highest BCUT2D eigenvalue weighted by Gasteiger charge is 2.42. The van der Waals surface area contributed by atoms with E-state index >= 15 is 0 Å². The molecule has 3 rings (SSSR count). The number of halogens is 4. The molecule has 1 aliphatic heterocycles. The van der Waals surface area contributed by atoms with Gasteiger partial charge in [-0.2, -0.15) is 13.2 Å². The summed E-state index contributed by atoms with van der Waals surface area (Å²) in [6.07, 6.45) is -3.79. The molecule has 35 heavy (non-hydrogen) atoms. The lowest BCUT2D eigenvalue weighted by atomic mass is 9.78. The maximum atomic E-state index is 12.7. The summed E-state index contributed by atoms with van der Waals surface area (Å²) in [5.74, 6) is -0.557. The van der Waals surface area contributed by atoms with Crippen LogP contribution < -0.4 is 14.8 Å². The van der Waals surface area contributed by atoms with E-state index in [2.05, 4.69) is 5.32 Å². The highest BCUT2D eigenvalue weighted by atomic mass is 35.5. The van der Waals surface area contributed by atoms with Crippen molar-refractivity contribution in [1.82, 2.24) is 10.2 Å². The largest absolute Gasteiger partial charge is 0.497 e. The number of carboxylic acid groups (broad SMARTS) is 1. The molecule has 0 unspecified atom stereocenters. The molecule has 0 spiro atoms. The number of rotatable bonds is 8. The van der Waals surface area contributed by atoms with Gasteiger partial charge in [-0.25, -0.2) is 0 Å². The normalized spacial score (nSPS) is 15.6. The molecule has 1 fully saturated rings. The number of nitrogens with zero attached hydrogens (tertiary/aromatic N) is 1. The van der Waals surface area contributed by atoms with Gasteiger partial charge in [0.1, 0.15) is 11.5 Å². The molecule has 11 heteroatoms. The Bertz CT molecular complexity index is 1000. The van der Waals surface area contributed by atoms with E-state index in [1.54, 1.807) is 6.07 Å². The van der Waals surface area contributed by atoms with Crippen molar-refractivity contribution >= 4 is 24.3 Å². The zero-order chi connectivity index (χ0) is 24.9. The number of aliphatic carboxylic acids is 1. The minimum Gasteiger partial charge on any atom is -0.497 e. The minimum atomic E-state index is -4.38. The molecule has 192 valence electrons. The Morgan fingerprint density at radius 2 is 1.57 bits per heavy atom. The van der Waals surface area contributed by atoms with Crippen LogP contribution in [0.3, 0.4) is 0 Å². The molecule has 2 aromatic rings. The van der Waals surface area contributed by atoms with Gasteiger partial charge in [0.2, 0.25) is 0 Å². The van der Waals surface area contributed by atoms with Crippen molar-refractivity contribution in [3.8, 4) is 11.5 Å². The summed E-state index contributed by atoms with van der Waals surface area (Å²) in [4.78, 5) is 26.8. The predicted molar refractivity (Wildman–Crippen MR) is 125 cm³/mol. The van der Waals surface area contributed by atoms with Crippen molar-refractivity contribution in [1.29, 1.82) is 0 Å². The number of nitrogens with one attached hydrogen (secondary N) is 1. The van der Waals surface area contributed by atoms with E-state index < -0.39 is 29.0 Å². The van der Waals surface area contributed by atoms with Crippen molar-refractivity contribution < 1.29 is 37.3 Å². The molecule has 7 nitrogen and oxygen atoms in total. The molecular formula is C24H28ClF3N2O5. The number of alkyl halides is 3. The third-order valence-corrected chi connectivity index (χ3v) is 6.16. The Kier molecular flexibility index (Phi) is 9.39. The molecule has 2 aromatic carbocycles. The van der Waals surface area contributed by atoms with Crippen LogP contribution in [0.15, 0.2) is 42.5 Å². The lowest BCUT2D eigenvalue weighted by Gasteiger charge is -2.39. The lowest BCUT2D eigenvalue weighted by Crippen LogP contribution is -2.50. The maximum absolute atomic E-state index is 12.7. The Morgan fingerprint density at radius 1 is 1.03 bits per heavy atom. The Balaban J connectivity index is 0.00000432. The van der Waals surface area contributed by atoms with Crippen LogP contribution in [0.4, 0.5) is 13.2 Å². The first-order chi connectivity index (χ1) is 16.1. The third-order valence-electron chi connectivity index (χ3n) is 6.16. The molecule has 0 radical (unpaired) electrons. The first-order valence-electron chi connectivity index (χ1n) is 10.7. The molecule has 0 saturated carbocycles. The van der Waals surface area contributed by atoms with Crippen molar-refractivity contribution in [2.75, 3.05) is 33.9 Å². The summed E-state index contributed by atoms with van der Waals surface area (Å²) < 4.78 is 48.6. The van der Waals surface area contributed by atoms with Crippen LogP contribution in [0.1, 0.15) is 34.3 Å². The molecule has 2 N–H and O–H groups in total. The fraction of sp³-hybridized carbons (Fsp3) is 0.417. The summed E-state index contributed by atoms with van der Waals surface area (Å²) >= 11 is 0. The second-order valence-corrected chi connectivity index (χ2v) is 8.34. The van der Waals surface area contributed by atoms with Gasteiger partial charge in [0.25, 0.3) is 5.91 Å². The van der Waals surface area contributed by atoms with E-state index in [0.29, 0.717) is 44.0 Å². The predicted octanol–water partition coefficient (Wildman–Crippen LogP) is 4.24. The second kappa shape index (κ2) is 11.6. The number of carboxylic acids is 1. The number of hydrogen-bond acceptors (Lipinski definition) is 5. The summed E-state index contributed by atoms with van der Waals surface area (Å²) in [5, 5.41) is 12.6. The van der Waals surface area contributed by atoms with E-state index in [9.17, 15) is 27.9 Å². The van der Waals surface area contributed by atoms with Gasteiger partial charge in [0, 0.05) is 24.7 Å². The van der Waals surface area contributed by atoms with Crippen LogP contribution in [0.5, 0.6) is 11.5 Å². The van der Waals surface area contributed by atoms with Gasteiger partial charge >= 0.3 is 12.1 Å². The molecule has 1 saturated heterocycles. The zero-order valence-electron chi connectivity index (χ0n) is 19.4. The standard InChI is InChI=1S/C24H27F3N2O5.ClH/c1-33-19-11-17(12-20(13-19)34-2)21(30)28-15-23(22(31)32)7-9-29(10-8-23)14-16-3-5-18(6-4-16)24(25,26)27;/h3-6,11-13H,7-10,14-15H2,1-2H3,(H,28,30)(H,31,32);1H. The smallest absolute Gasteiger partial charge is 0.416 e. The molecule has 1 amide bonds. The van der Waals surface area contributed by atoms with Gasteiger partial charge in [0.05, 0.1) is 25.2 Å². The SMILES string of the molecule is COc1cc(OC)cc(C(=O)NCC2(C(=O)O)CCN(Cc3ccc(C(F)(F)F)cc3)CC2)c1.Cl. The average Bonchev–Trinajstić information content (AvgIpc) is 2.82. The van der Waals surface area contributed by atoms with E-state index in [0.717, 1.165) is 17.7 Å². The molecule has 1 aliphatic rings. The zero-order valence-corrected chi connectivity index (χ0v) is 20.2. The number of carbonyl (C=O) groups excluding carboxylic acids is 1. The van der Waals surface area contributed by atoms with Crippen LogP contribution >= 0.6 is 12.4 Å². The fourth-order valence-corrected chi connectivity index (χ4v) is 3.95. The summed E-state index contributed by atoms with van der Waals surface area (Å²) in [6, 6.07) is 9.67. The van der Waals surface area contributed by atoms with Crippen LogP contribution in [0, 0.1) is 5.41 Å². The van der Waals surface area contributed by atoms with Gasteiger partial charge in [-0.3, -0.25) is 14.5 Å². The molecule has 0 bridgehead atoms. The number of benzene rings is 2. The number of ether oxygens (including phenoxy) is 2. The van der Waals surface area contributed by atoms with Crippen molar-refractivity contribution in [2.24, 2.45) is 5.41 Å². The second-order valence-electron chi connectivity index (χ2n) is 8.34. The quantitative estimate of drug-likeness (QED) is 0.545. The number of methoxy groups -OCH3 is 2. The number of carbonyl (C=O) groups is 2. The number of piperidine rings is 1. The fourth-order valence-electron chi connectivity index (χ4n) is 3.95. The Hall–Kier alpha value is -2.98. The van der Waals surface area contributed by atoms with Crippen molar-refractivity contribution in [2.45, 2.75) is 25.6 Å². The highest BCUT2D eigenvalue weighted by molar-refractivity contribution is 5.95. The maximum Gasteiger partial charge on any atom is 0.416 e. The van der Waals surface area contributed by atoms with E-state index in [-0.39, 0.29) is 24.5 Å². The van der Waals surface area contributed by atoms with Crippen molar-refractivity contribution in [3.63, 3.8) is 0 Å². The van der Waals surface area contributed by atoms with Crippen LogP contribution in [-0.2, 0) is 17.5 Å². The topological polar surface area (TPSA) is 88.1 Å². The Labute approximate surface area is 207 Å². The van der Waals surface area contributed by atoms with Crippen LogP contribution in [0.25, 0.3) is 0 Å². The molecule has 1 heterocycles. The van der Waals surface area contributed by atoms with Gasteiger partial charge in [-0.05, 0) is 55.8 Å². The molecule has 0 atom stereocenters. The number of likely N-dealkylation sites (tertiary alicyclic amines) is 1. The summed E-state index contributed by atoms with van der Waals surface area (Å²) in [7, 11) is 2.93. The van der Waals surface area contributed by atoms with E-state index in [4.69, 9.17) is 9.47 Å². The molecule has 0 aromatic heterocycles. The van der Waals surface area contributed by atoms with Gasteiger partial charge in [-0.1, -0.05) is 12.1 Å². The van der Waals surface area contributed by atoms with E-state index in [1.165, 1.54) is 38.5 Å². The first kappa shape index (κ1) is 28.3. The van der Waals surface area contributed by atoms with Gasteiger partial charge < -0.3 is 19.9 Å². The highest BCUT2D eigenvalue weighted by Crippen LogP contribution is 2.33. The van der Waals surface area contributed by atoms with Gasteiger partial charge in [-0.15, -0.1) is 12.4 Å². The summed E-state index contributed by atoms with van der Waals surface area (Å²) in [5.41, 5.74) is -0.827. The third kappa shape index (κ3) is 7.02. The summed E-state index contributed by atoms with van der Waals surface area (Å²) in [6.45, 7) is 1.25. The average molecular weight is 517 g/mol. The number of hydrogen-bond donors (Lipinski definition) is 2. The van der Waals surface area contributed by atoms with Crippen molar-refractivity contribution in [3.05, 3.63) is 59.2 Å². The number of amides is 1. The molecule has 0 aliphatic carbocycles. The van der Waals surface area contributed by atoms with E-state index in [1.807, 2.05) is 4.90 Å². The Morgan fingerprint density at radius 3 is 2.03 bits per heavy atom. The minimum absolute atomic E-state index is 0.